The SMILES string of the molecule is CC(C)[Si](C#CC[C@H]1O[C@H](C(F)(F)F)N(Cc2ccccc2)[C@@H]1COCc1ccccc1)(C(C)C)C(C)C. The van der Waals surface area contributed by atoms with E-state index in [4.69, 9.17) is 9.47 Å². The minimum Gasteiger partial charge on any atom is -0.375 e. The maximum atomic E-state index is 14.2. The molecule has 0 N–H and O–H groups in total. The number of halogens is 3. The largest absolute Gasteiger partial charge is 0.428 e. The molecule has 3 rings (SSSR count). The van der Waals surface area contributed by atoms with Crippen LogP contribution in [0, 0.1) is 11.5 Å². The Labute approximate surface area is 227 Å². The van der Waals surface area contributed by atoms with Gasteiger partial charge in [-0.3, -0.25) is 4.90 Å². The minimum atomic E-state index is -4.53. The second kappa shape index (κ2) is 13.3. The standard InChI is InChI=1S/C31H42F3NO2Si/c1-23(2)38(24(3)4,25(5)6)19-13-18-29-28(22-36-21-27-16-11-8-12-17-27)35(30(37-29)31(32,33)34)20-26-14-9-7-10-15-26/h7-12,14-17,23-25,28-30H,18,20-22H2,1-6H3/t28-,29-,30-/m1/s1. The topological polar surface area (TPSA) is 21.7 Å². The minimum absolute atomic E-state index is 0.122. The van der Waals surface area contributed by atoms with Crippen molar-refractivity contribution in [3.63, 3.8) is 0 Å². The van der Waals surface area contributed by atoms with Gasteiger partial charge in [-0.25, -0.2) is 0 Å². The van der Waals surface area contributed by atoms with Crippen LogP contribution in [0.15, 0.2) is 60.7 Å². The summed E-state index contributed by atoms with van der Waals surface area (Å²) in [5, 5.41) is 0. The molecule has 1 fully saturated rings. The number of nitrogens with zero attached hydrogens (tertiary/aromatic N) is 1. The molecule has 0 amide bonds. The van der Waals surface area contributed by atoms with Crippen LogP contribution < -0.4 is 0 Å². The molecular formula is C31H42F3NO2Si. The zero-order valence-corrected chi connectivity index (χ0v) is 24.5. The Kier molecular flexibility index (Phi) is 10.6. The van der Waals surface area contributed by atoms with Gasteiger partial charge in [0.15, 0.2) is 0 Å². The molecule has 0 unspecified atom stereocenters. The van der Waals surface area contributed by atoms with Gasteiger partial charge in [-0.1, -0.05) is 102 Å². The van der Waals surface area contributed by atoms with Gasteiger partial charge >= 0.3 is 6.18 Å². The van der Waals surface area contributed by atoms with E-state index in [1.165, 1.54) is 4.90 Å². The number of benzene rings is 2. The monoisotopic (exact) mass is 545 g/mol. The van der Waals surface area contributed by atoms with E-state index in [0.717, 1.165) is 11.1 Å². The Hall–Kier alpha value is -2.11. The summed E-state index contributed by atoms with van der Waals surface area (Å²) in [5.74, 6) is 3.34. The molecule has 0 bridgehead atoms. The number of hydrogen-bond donors (Lipinski definition) is 0. The molecule has 38 heavy (non-hydrogen) atoms. The first-order valence-corrected chi connectivity index (χ1v) is 15.8. The molecular weight excluding hydrogens is 503 g/mol. The number of ether oxygens (including phenoxy) is 2. The summed E-state index contributed by atoms with van der Waals surface area (Å²) in [6.07, 6.45) is -6.98. The fraction of sp³-hybridized carbons (Fsp3) is 0.548. The van der Waals surface area contributed by atoms with E-state index in [9.17, 15) is 13.2 Å². The Morgan fingerprint density at radius 3 is 1.89 bits per heavy atom. The highest BCUT2D eigenvalue weighted by Gasteiger charge is 2.54. The van der Waals surface area contributed by atoms with E-state index in [1.807, 2.05) is 60.7 Å². The lowest BCUT2D eigenvalue weighted by Crippen LogP contribution is -2.47. The van der Waals surface area contributed by atoms with Crippen molar-refractivity contribution in [2.45, 2.75) is 102 Å². The summed E-state index contributed by atoms with van der Waals surface area (Å²) in [7, 11) is -2.01. The van der Waals surface area contributed by atoms with Gasteiger partial charge < -0.3 is 9.47 Å². The highest BCUT2D eigenvalue weighted by atomic mass is 28.3. The highest BCUT2D eigenvalue weighted by Crippen LogP contribution is 2.41. The fourth-order valence-corrected chi connectivity index (χ4v) is 11.3. The second-order valence-corrected chi connectivity index (χ2v) is 16.8. The van der Waals surface area contributed by atoms with Gasteiger partial charge in [0.05, 0.1) is 25.4 Å². The van der Waals surface area contributed by atoms with Crippen molar-refractivity contribution in [1.82, 2.24) is 4.90 Å². The quantitative estimate of drug-likeness (QED) is 0.223. The van der Waals surface area contributed by atoms with Gasteiger partial charge in [0.1, 0.15) is 8.07 Å². The van der Waals surface area contributed by atoms with Crippen LogP contribution in [0.1, 0.15) is 59.1 Å². The lowest BCUT2D eigenvalue weighted by molar-refractivity contribution is -0.247. The van der Waals surface area contributed by atoms with E-state index >= 15 is 0 Å². The maximum absolute atomic E-state index is 14.2. The molecule has 7 heteroatoms. The Balaban J connectivity index is 1.89. The molecule has 1 aliphatic heterocycles. The summed E-state index contributed by atoms with van der Waals surface area (Å²) in [6.45, 7) is 14.0. The predicted octanol–water partition coefficient (Wildman–Crippen LogP) is 7.97. The van der Waals surface area contributed by atoms with Crippen molar-refractivity contribution >= 4 is 8.07 Å². The molecule has 208 valence electrons. The van der Waals surface area contributed by atoms with Crippen molar-refractivity contribution in [2.75, 3.05) is 6.61 Å². The van der Waals surface area contributed by atoms with Crippen molar-refractivity contribution in [3.05, 3.63) is 71.8 Å². The van der Waals surface area contributed by atoms with Gasteiger partial charge in [0.25, 0.3) is 0 Å². The smallest absolute Gasteiger partial charge is 0.375 e. The first-order valence-electron chi connectivity index (χ1n) is 13.6. The lowest BCUT2D eigenvalue weighted by Gasteiger charge is -2.38. The van der Waals surface area contributed by atoms with E-state index in [-0.39, 0.29) is 19.6 Å². The predicted molar refractivity (Wildman–Crippen MR) is 150 cm³/mol. The summed E-state index contributed by atoms with van der Waals surface area (Å²) < 4.78 is 54.5. The van der Waals surface area contributed by atoms with Crippen LogP contribution in [0.4, 0.5) is 13.2 Å². The molecule has 0 spiro atoms. The van der Waals surface area contributed by atoms with Gasteiger partial charge in [0.2, 0.25) is 6.23 Å². The van der Waals surface area contributed by atoms with Crippen LogP contribution in [0.3, 0.4) is 0 Å². The zero-order valence-electron chi connectivity index (χ0n) is 23.5. The van der Waals surface area contributed by atoms with Gasteiger partial charge in [-0.2, -0.15) is 13.2 Å². The molecule has 1 heterocycles. The first-order chi connectivity index (χ1) is 18.0. The second-order valence-electron chi connectivity index (χ2n) is 11.2. The third kappa shape index (κ3) is 7.29. The molecule has 0 aliphatic carbocycles. The third-order valence-corrected chi connectivity index (χ3v) is 14.2. The maximum Gasteiger partial charge on any atom is 0.428 e. The van der Waals surface area contributed by atoms with Crippen molar-refractivity contribution in [3.8, 4) is 11.5 Å². The van der Waals surface area contributed by atoms with Crippen molar-refractivity contribution in [2.24, 2.45) is 0 Å². The first kappa shape index (κ1) is 30.4. The summed E-state index contributed by atoms with van der Waals surface area (Å²) in [4.78, 5) is 1.41. The van der Waals surface area contributed by atoms with Gasteiger partial charge in [-0.05, 0) is 27.8 Å². The zero-order chi connectivity index (χ0) is 27.9. The van der Waals surface area contributed by atoms with Crippen molar-refractivity contribution in [1.29, 1.82) is 0 Å². The van der Waals surface area contributed by atoms with Crippen LogP contribution >= 0.6 is 0 Å². The van der Waals surface area contributed by atoms with Crippen molar-refractivity contribution < 1.29 is 22.6 Å². The number of alkyl halides is 3. The summed E-state index contributed by atoms with van der Waals surface area (Å²) in [6, 6.07) is 18.3. The fourth-order valence-electron chi connectivity index (χ4n) is 5.98. The lowest BCUT2D eigenvalue weighted by atomic mass is 10.1. The summed E-state index contributed by atoms with van der Waals surface area (Å²) in [5.41, 5.74) is 6.77. The molecule has 0 radical (unpaired) electrons. The van der Waals surface area contributed by atoms with Crippen LogP contribution in [0.25, 0.3) is 0 Å². The third-order valence-electron chi connectivity index (χ3n) is 7.82. The average molecular weight is 546 g/mol. The Morgan fingerprint density at radius 2 is 1.39 bits per heavy atom. The molecule has 3 atom stereocenters. The van der Waals surface area contributed by atoms with Crippen LogP contribution in [0.5, 0.6) is 0 Å². The molecule has 1 aliphatic rings. The molecule has 2 aromatic carbocycles. The van der Waals surface area contributed by atoms with E-state index < -0.39 is 32.6 Å². The van der Waals surface area contributed by atoms with E-state index in [2.05, 4.69) is 53.0 Å². The molecule has 3 nitrogen and oxygen atoms in total. The van der Waals surface area contributed by atoms with Crippen LogP contribution in [0.2, 0.25) is 16.6 Å². The van der Waals surface area contributed by atoms with E-state index in [0.29, 0.717) is 23.2 Å². The van der Waals surface area contributed by atoms with Crippen LogP contribution in [-0.4, -0.2) is 44.1 Å². The van der Waals surface area contributed by atoms with Gasteiger partial charge in [0, 0.05) is 13.0 Å². The normalized spacial score (nSPS) is 20.8. The average Bonchev–Trinajstić information content (AvgIpc) is 3.20. The van der Waals surface area contributed by atoms with Crippen LogP contribution in [-0.2, 0) is 22.6 Å². The summed E-state index contributed by atoms with van der Waals surface area (Å²) >= 11 is 0. The highest BCUT2D eigenvalue weighted by molar-refractivity contribution is 6.90. The molecule has 0 aromatic heterocycles. The molecule has 0 saturated carbocycles. The Bertz CT molecular complexity index is 1030. The van der Waals surface area contributed by atoms with Gasteiger partial charge in [-0.15, -0.1) is 11.5 Å². The molecule has 1 saturated heterocycles. The Morgan fingerprint density at radius 1 is 0.868 bits per heavy atom. The van der Waals surface area contributed by atoms with E-state index in [1.54, 1.807) is 0 Å². The number of hydrogen-bond acceptors (Lipinski definition) is 3. The molecule has 2 aromatic rings. The number of rotatable bonds is 10.